The van der Waals surface area contributed by atoms with Gasteiger partial charge in [0, 0.05) is 42.3 Å². The van der Waals surface area contributed by atoms with Gasteiger partial charge in [0.2, 0.25) is 0 Å². The molecule has 32 heavy (non-hydrogen) atoms. The Morgan fingerprint density at radius 2 is 1.97 bits per heavy atom. The zero-order chi connectivity index (χ0) is 22.2. The minimum absolute atomic E-state index is 0.118. The number of nitrogens with zero attached hydrogens (tertiary/aromatic N) is 6. The Bertz CT molecular complexity index is 1090. The lowest BCUT2D eigenvalue weighted by Gasteiger charge is -2.39. The fourth-order valence-corrected chi connectivity index (χ4v) is 5.22. The number of nitrogens with one attached hydrogen (secondary N) is 1. The molecule has 2 N–H and O–H groups in total. The highest BCUT2D eigenvalue weighted by atomic mass is 35.5. The molecular formula is C22H27Cl2N7O. The summed E-state index contributed by atoms with van der Waals surface area (Å²) in [5.41, 5.74) is 2.39. The molecule has 2 fully saturated rings. The van der Waals surface area contributed by atoms with Gasteiger partial charge in [-0.05, 0) is 44.0 Å². The first-order chi connectivity index (χ1) is 15.5. The molecule has 4 heterocycles. The van der Waals surface area contributed by atoms with Crippen molar-refractivity contribution in [3.05, 3.63) is 46.2 Å². The molecule has 0 bridgehead atoms. The average molecular weight is 476 g/mol. The molecule has 2 aliphatic rings. The quantitative estimate of drug-likeness (QED) is 0.586. The summed E-state index contributed by atoms with van der Waals surface area (Å²) in [5.74, 6) is 0.821. The zero-order valence-corrected chi connectivity index (χ0v) is 19.5. The number of rotatable bonds is 5. The van der Waals surface area contributed by atoms with Crippen LogP contribution in [0.2, 0.25) is 10.0 Å². The van der Waals surface area contributed by atoms with Gasteiger partial charge in [-0.3, -0.25) is 4.90 Å². The van der Waals surface area contributed by atoms with E-state index in [1.807, 2.05) is 23.7 Å². The average Bonchev–Trinajstić information content (AvgIpc) is 3.48. The molecule has 3 unspecified atom stereocenters. The van der Waals surface area contributed by atoms with Gasteiger partial charge in [0.1, 0.15) is 17.6 Å². The third kappa shape index (κ3) is 4.18. The molecule has 5 rings (SSSR count). The Balaban J connectivity index is 1.34. The van der Waals surface area contributed by atoms with Gasteiger partial charge >= 0.3 is 0 Å². The Labute approximate surface area is 197 Å². The summed E-state index contributed by atoms with van der Waals surface area (Å²) < 4.78 is 1.85. The van der Waals surface area contributed by atoms with E-state index in [1.165, 1.54) is 0 Å². The SMILES string of the molecule is CC(c1ccc(Cl)cc1Cl)n1ncc2ncc(N3CCN(C(O)C4CCCN4)CC3)nc21. The van der Waals surface area contributed by atoms with Crippen LogP contribution in [0.3, 0.4) is 0 Å². The van der Waals surface area contributed by atoms with E-state index in [4.69, 9.17) is 28.2 Å². The van der Waals surface area contributed by atoms with Crippen molar-refractivity contribution in [1.82, 2.24) is 30.0 Å². The maximum atomic E-state index is 10.7. The number of fused-ring (bicyclic) bond motifs is 1. The van der Waals surface area contributed by atoms with E-state index in [-0.39, 0.29) is 12.1 Å². The van der Waals surface area contributed by atoms with Gasteiger partial charge in [-0.2, -0.15) is 5.10 Å². The number of hydrogen-bond acceptors (Lipinski definition) is 7. The predicted molar refractivity (Wildman–Crippen MR) is 126 cm³/mol. The highest BCUT2D eigenvalue weighted by Crippen LogP contribution is 2.30. The maximum Gasteiger partial charge on any atom is 0.179 e. The van der Waals surface area contributed by atoms with Crippen LogP contribution in [0, 0.1) is 0 Å². The van der Waals surface area contributed by atoms with Gasteiger partial charge in [-0.15, -0.1) is 0 Å². The summed E-state index contributed by atoms with van der Waals surface area (Å²) in [6.07, 6.45) is 5.27. The van der Waals surface area contributed by atoms with Crippen molar-refractivity contribution in [3.8, 4) is 0 Å². The summed E-state index contributed by atoms with van der Waals surface area (Å²) in [6.45, 7) is 6.18. The van der Waals surface area contributed by atoms with E-state index in [9.17, 15) is 5.11 Å². The van der Waals surface area contributed by atoms with Crippen LogP contribution in [0.15, 0.2) is 30.6 Å². The molecule has 2 aromatic heterocycles. The molecule has 1 aromatic carbocycles. The van der Waals surface area contributed by atoms with Crippen molar-refractivity contribution in [3.63, 3.8) is 0 Å². The molecule has 2 saturated heterocycles. The summed E-state index contributed by atoms with van der Waals surface area (Å²) in [6, 6.07) is 5.55. The van der Waals surface area contributed by atoms with Crippen LogP contribution >= 0.6 is 23.2 Å². The normalized spacial score (nSPS) is 21.9. The molecule has 3 atom stereocenters. The van der Waals surface area contributed by atoms with E-state index in [2.05, 4.69) is 25.2 Å². The molecule has 3 aromatic rings. The van der Waals surface area contributed by atoms with Crippen LogP contribution in [0.25, 0.3) is 11.2 Å². The molecule has 8 nitrogen and oxygen atoms in total. The molecule has 0 aliphatic carbocycles. The van der Waals surface area contributed by atoms with Crippen molar-refractivity contribution < 1.29 is 5.11 Å². The van der Waals surface area contributed by atoms with Crippen molar-refractivity contribution in [1.29, 1.82) is 0 Å². The molecule has 170 valence electrons. The smallest absolute Gasteiger partial charge is 0.179 e. The van der Waals surface area contributed by atoms with Crippen LogP contribution in [0.1, 0.15) is 31.4 Å². The minimum atomic E-state index is -0.431. The first-order valence-corrected chi connectivity index (χ1v) is 11.8. The highest BCUT2D eigenvalue weighted by molar-refractivity contribution is 6.35. The lowest BCUT2D eigenvalue weighted by atomic mass is 10.1. The number of benzene rings is 1. The molecule has 0 spiro atoms. The number of hydrogen-bond donors (Lipinski definition) is 2. The Morgan fingerprint density at radius 1 is 1.16 bits per heavy atom. The summed E-state index contributed by atoms with van der Waals surface area (Å²) in [4.78, 5) is 13.9. The third-order valence-electron chi connectivity index (χ3n) is 6.54. The second-order valence-electron chi connectivity index (χ2n) is 8.51. The van der Waals surface area contributed by atoms with Crippen LogP contribution in [0.5, 0.6) is 0 Å². The lowest BCUT2D eigenvalue weighted by Crippen LogP contribution is -2.55. The Kier molecular flexibility index (Phi) is 6.22. The highest BCUT2D eigenvalue weighted by Gasteiger charge is 2.30. The van der Waals surface area contributed by atoms with Gasteiger partial charge < -0.3 is 15.3 Å². The van der Waals surface area contributed by atoms with E-state index < -0.39 is 6.23 Å². The standard InChI is InChI=1S/C22H27Cl2N7O/c1-14(16-5-4-15(23)11-17(16)24)31-21-19(12-27-31)26-13-20(28-21)29-7-9-30(10-8-29)22(32)18-3-2-6-25-18/h4-5,11-14,18,22,25,32H,2-3,6-10H2,1H3. The van der Waals surface area contributed by atoms with Crippen LogP contribution in [-0.4, -0.2) is 74.7 Å². The molecule has 10 heteroatoms. The van der Waals surface area contributed by atoms with Gasteiger partial charge in [0.05, 0.1) is 18.4 Å². The lowest BCUT2D eigenvalue weighted by molar-refractivity contribution is -0.0226. The van der Waals surface area contributed by atoms with Gasteiger partial charge in [0.15, 0.2) is 5.65 Å². The van der Waals surface area contributed by atoms with Crippen molar-refractivity contribution in [2.75, 3.05) is 37.6 Å². The topological polar surface area (TPSA) is 82.3 Å². The van der Waals surface area contributed by atoms with Crippen LogP contribution in [-0.2, 0) is 0 Å². The minimum Gasteiger partial charge on any atom is -0.377 e. The number of piperazine rings is 1. The molecule has 2 aliphatic heterocycles. The number of aliphatic hydroxyl groups excluding tert-OH is 1. The van der Waals surface area contributed by atoms with Crippen molar-refractivity contribution in [2.45, 2.75) is 38.1 Å². The number of aliphatic hydroxyl groups is 1. The van der Waals surface area contributed by atoms with Gasteiger partial charge in [0.25, 0.3) is 0 Å². The van der Waals surface area contributed by atoms with E-state index in [0.29, 0.717) is 10.0 Å². The van der Waals surface area contributed by atoms with Crippen LogP contribution in [0.4, 0.5) is 5.82 Å². The first-order valence-electron chi connectivity index (χ1n) is 11.1. The Morgan fingerprint density at radius 3 is 2.69 bits per heavy atom. The number of aromatic nitrogens is 4. The van der Waals surface area contributed by atoms with Crippen LogP contribution < -0.4 is 10.2 Å². The monoisotopic (exact) mass is 475 g/mol. The summed E-state index contributed by atoms with van der Waals surface area (Å²) in [7, 11) is 0. The van der Waals surface area contributed by atoms with Gasteiger partial charge in [-0.25, -0.2) is 14.6 Å². The number of halogens is 2. The van der Waals surface area contributed by atoms with E-state index in [1.54, 1.807) is 18.5 Å². The molecule has 0 saturated carbocycles. The van der Waals surface area contributed by atoms with Crippen molar-refractivity contribution in [2.24, 2.45) is 0 Å². The van der Waals surface area contributed by atoms with Crippen molar-refractivity contribution >= 4 is 40.2 Å². The predicted octanol–water partition coefficient (Wildman–Crippen LogP) is 2.93. The largest absolute Gasteiger partial charge is 0.377 e. The van der Waals surface area contributed by atoms with E-state index >= 15 is 0 Å². The maximum absolute atomic E-state index is 10.7. The fourth-order valence-electron chi connectivity index (χ4n) is 4.65. The molecule has 0 amide bonds. The second-order valence-corrected chi connectivity index (χ2v) is 9.35. The first kappa shape index (κ1) is 21.9. The number of anilines is 1. The second kappa shape index (κ2) is 9.11. The summed E-state index contributed by atoms with van der Waals surface area (Å²) in [5, 5.41) is 19.8. The molecular weight excluding hydrogens is 449 g/mol. The zero-order valence-electron chi connectivity index (χ0n) is 18.0. The molecule has 0 radical (unpaired) electrons. The van der Waals surface area contributed by atoms with E-state index in [0.717, 1.165) is 68.1 Å². The third-order valence-corrected chi connectivity index (χ3v) is 7.10. The fraction of sp³-hybridized carbons (Fsp3) is 0.500. The Hall–Kier alpha value is -1.97. The van der Waals surface area contributed by atoms with Gasteiger partial charge in [-0.1, -0.05) is 29.3 Å². The summed E-state index contributed by atoms with van der Waals surface area (Å²) >= 11 is 12.5.